The lowest BCUT2D eigenvalue weighted by molar-refractivity contribution is -0.158. The number of hydrogen-bond acceptors (Lipinski definition) is 9. The SMILES string of the molecule is CC(C)(C)OC(=O)N[C@@H](Cc1c[nH]c2ccccc12)C(=O)N[C@@H](CCCN=C(N)N)C(=O)N[C@@H](CC(=O)O)C(=O)N[C@@H](Cc1ccccc1)C(=O)OC(C)(C)C. The first-order chi connectivity index (χ1) is 26.2. The predicted octanol–water partition coefficient (Wildman–Crippen LogP) is 2.17. The third-order valence-electron chi connectivity index (χ3n) is 7.99. The second-order valence-corrected chi connectivity index (χ2v) is 15.2. The van der Waals surface area contributed by atoms with Crippen LogP contribution >= 0.6 is 0 Å². The molecule has 304 valence electrons. The maximum atomic E-state index is 14.0. The summed E-state index contributed by atoms with van der Waals surface area (Å²) in [6.07, 6.45) is 0.100. The molecule has 0 bridgehead atoms. The molecule has 56 heavy (non-hydrogen) atoms. The van der Waals surface area contributed by atoms with Gasteiger partial charge in [0.25, 0.3) is 0 Å². The third-order valence-corrected chi connectivity index (χ3v) is 7.99. The van der Waals surface area contributed by atoms with Gasteiger partial charge in [-0.3, -0.25) is 24.2 Å². The summed E-state index contributed by atoms with van der Waals surface area (Å²) in [6.45, 7) is 10.1. The Morgan fingerprint density at radius 3 is 1.93 bits per heavy atom. The number of fused-ring (bicyclic) bond motifs is 1. The number of hydrogen-bond donors (Lipinski definition) is 8. The molecular weight excluding hydrogens is 724 g/mol. The zero-order valence-electron chi connectivity index (χ0n) is 32.6. The van der Waals surface area contributed by atoms with E-state index < -0.39 is 77.5 Å². The second kappa shape index (κ2) is 20.0. The van der Waals surface area contributed by atoms with Gasteiger partial charge in [0.15, 0.2) is 5.96 Å². The molecule has 0 saturated heterocycles. The first-order valence-electron chi connectivity index (χ1n) is 18.2. The molecule has 0 radical (unpaired) electrons. The molecule has 0 aliphatic carbocycles. The molecule has 0 aliphatic heterocycles. The van der Waals surface area contributed by atoms with Crippen molar-refractivity contribution in [1.82, 2.24) is 26.3 Å². The van der Waals surface area contributed by atoms with Crippen LogP contribution in [0.25, 0.3) is 10.9 Å². The first kappa shape index (κ1) is 44.3. The molecular formula is C39H54N8O9. The van der Waals surface area contributed by atoms with Gasteiger partial charge in [-0.05, 0) is 71.6 Å². The molecule has 17 nitrogen and oxygen atoms in total. The first-order valence-corrected chi connectivity index (χ1v) is 18.2. The molecule has 4 atom stereocenters. The summed E-state index contributed by atoms with van der Waals surface area (Å²) in [5.74, 6) is -5.03. The van der Waals surface area contributed by atoms with Crippen LogP contribution in [0.1, 0.15) is 71.9 Å². The molecule has 1 aromatic heterocycles. The number of aliphatic carboxylic acids is 1. The minimum Gasteiger partial charge on any atom is -0.481 e. The number of nitrogens with two attached hydrogens (primary N) is 2. The highest BCUT2D eigenvalue weighted by Gasteiger charge is 2.34. The summed E-state index contributed by atoms with van der Waals surface area (Å²) in [7, 11) is 0. The molecule has 10 N–H and O–H groups in total. The average Bonchev–Trinajstić information content (AvgIpc) is 3.49. The average molecular weight is 779 g/mol. The van der Waals surface area contributed by atoms with Crippen LogP contribution in [0.2, 0.25) is 0 Å². The van der Waals surface area contributed by atoms with Crippen molar-refractivity contribution in [2.24, 2.45) is 16.5 Å². The molecule has 4 amide bonds. The summed E-state index contributed by atoms with van der Waals surface area (Å²) in [6, 6.07) is 10.6. The number of H-pyrrole nitrogens is 1. The number of carboxylic acid groups (broad SMARTS) is 1. The minimum atomic E-state index is -1.68. The smallest absolute Gasteiger partial charge is 0.408 e. The molecule has 0 spiro atoms. The monoisotopic (exact) mass is 778 g/mol. The number of nitrogens with zero attached hydrogens (tertiary/aromatic N) is 1. The number of guanidine groups is 1. The fourth-order valence-electron chi connectivity index (χ4n) is 5.57. The van der Waals surface area contributed by atoms with Crippen molar-refractivity contribution in [2.75, 3.05) is 6.54 Å². The van der Waals surface area contributed by atoms with E-state index in [4.69, 9.17) is 20.9 Å². The Morgan fingerprint density at radius 2 is 1.30 bits per heavy atom. The van der Waals surface area contributed by atoms with Crippen molar-refractivity contribution in [3.05, 3.63) is 71.9 Å². The fraction of sp³-hybridized carbons (Fsp3) is 0.462. The lowest BCUT2D eigenvalue weighted by Crippen LogP contribution is -2.58. The van der Waals surface area contributed by atoms with Crippen molar-refractivity contribution < 1.29 is 43.3 Å². The highest BCUT2D eigenvalue weighted by atomic mass is 16.6. The van der Waals surface area contributed by atoms with E-state index in [-0.39, 0.29) is 38.2 Å². The molecule has 1 heterocycles. The Hall–Kier alpha value is -6.13. The van der Waals surface area contributed by atoms with Crippen molar-refractivity contribution in [2.45, 2.75) is 109 Å². The number of ether oxygens (including phenoxy) is 2. The van der Waals surface area contributed by atoms with Crippen LogP contribution in [0.15, 0.2) is 65.8 Å². The van der Waals surface area contributed by atoms with E-state index >= 15 is 0 Å². The highest BCUT2D eigenvalue weighted by Crippen LogP contribution is 2.20. The van der Waals surface area contributed by atoms with Crippen LogP contribution in [-0.2, 0) is 46.3 Å². The number of aliphatic imine (C=N–C) groups is 1. The van der Waals surface area contributed by atoms with Gasteiger partial charge in [0, 0.05) is 36.5 Å². The maximum Gasteiger partial charge on any atom is 0.408 e. The number of amides is 4. The number of carboxylic acids is 1. The lowest BCUT2D eigenvalue weighted by Gasteiger charge is -2.27. The zero-order chi connectivity index (χ0) is 41.6. The van der Waals surface area contributed by atoms with E-state index in [1.165, 1.54) is 0 Å². The van der Waals surface area contributed by atoms with E-state index in [0.717, 1.165) is 10.9 Å². The van der Waals surface area contributed by atoms with Gasteiger partial charge in [-0.25, -0.2) is 9.59 Å². The number of aromatic nitrogens is 1. The molecule has 3 aromatic rings. The number of benzene rings is 2. The Bertz CT molecular complexity index is 1860. The largest absolute Gasteiger partial charge is 0.481 e. The zero-order valence-corrected chi connectivity index (χ0v) is 32.6. The van der Waals surface area contributed by atoms with Crippen molar-refractivity contribution >= 4 is 52.6 Å². The number of alkyl carbamates (subject to hydrolysis) is 1. The molecule has 0 aliphatic rings. The number of rotatable bonds is 18. The van der Waals surface area contributed by atoms with E-state index in [2.05, 4.69) is 31.2 Å². The van der Waals surface area contributed by atoms with Crippen LogP contribution in [0.5, 0.6) is 0 Å². The Balaban J connectivity index is 1.90. The normalized spacial score (nSPS) is 13.6. The highest BCUT2D eigenvalue weighted by molar-refractivity contribution is 5.96. The molecule has 17 heteroatoms. The van der Waals surface area contributed by atoms with Crippen molar-refractivity contribution in [3.63, 3.8) is 0 Å². The molecule has 0 unspecified atom stereocenters. The van der Waals surface area contributed by atoms with Crippen LogP contribution < -0.4 is 32.7 Å². The summed E-state index contributed by atoms with van der Waals surface area (Å²) >= 11 is 0. The topological polar surface area (TPSA) is 269 Å². The van der Waals surface area contributed by atoms with Gasteiger partial charge in [-0.2, -0.15) is 0 Å². The van der Waals surface area contributed by atoms with E-state index in [1.807, 2.05) is 24.3 Å². The maximum absolute atomic E-state index is 14.0. The Labute approximate surface area is 325 Å². The van der Waals surface area contributed by atoms with Crippen LogP contribution in [0.4, 0.5) is 4.79 Å². The number of esters is 1. The van der Waals surface area contributed by atoms with Crippen molar-refractivity contribution in [3.8, 4) is 0 Å². The number of carbonyl (C=O) groups excluding carboxylic acids is 5. The van der Waals surface area contributed by atoms with E-state index in [0.29, 0.717) is 11.1 Å². The molecule has 0 saturated carbocycles. The summed E-state index contributed by atoms with van der Waals surface area (Å²) in [5.41, 5.74) is 11.3. The lowest BCUT2D eigenvalue weighted by atomic mass is 10.0. The molecule has 0 fully saturated rings. The predicted molar refractivity (Wildman–Crippen MR) is 209 cm³/mol. The van der Waals surface area contributed by atoms with Gasteiger partial charge in [-0.15, -0.1) is 0 Å². The van der Waals surface area contributed by atoms with Crippen LogP contribution in [-0.4, -0.2) is 93.7 Å². The number of para-hydroxylation sites is 1. The second-order valence-electron chi connectivity index (χ2n) is 15.2. The fourth-order valence-corrected chi connectivity index (χ4v) is 5.57. The van der Waals surface area contributed by atoms with Gasteiger partial charge in [-0.1, -0.05) is 48.5 Å². The quantitative estimate of drug-likeness (QED) is 0.0401. The van der Waals surface area contributed by atoms with Gasteiger partial charge < -0.3 is 52.3 Å². The van der Waals surface area contributed by atoms with E-state index in [9.17, 15) is 33.9 Å². The minimum absolute atomic E-state index is 0.00502. The van der Waals surface area contributed by atoms with Crippen LogP contribution in [0.3, 0.4) is 0 Å². The standard InChI is InChI=1S/C39H54N8O9/c1-38(2,3)55-35(53)30(19-23-13-8-7-9-14-23)46-34(52)29(21-31(48)49)45-32(50)27(17-12-18-42-36(40)41)44-33(51)28(47-37(54)56-39(4,5)6)20-24-22-43-26-16-11-10-15-25(24)26/h7-11,13-16,22,27-30,43H,12,17-21H2,1-6H3,(H,44,51)(H,45,50)(H,46,52)(H,47,54)(H,48,49)(H4,40,41,42)/t27-,28-,29-,30-/m0/s1. The molecule has 2 aromatic carbocycles. The Morgan fingerprint density at radius 1 is 0.732 bits per heavy atom. The van der Waals surface area contributed by atoms with Crippen molar-refractivity contribution in [1.29, 1.82) is 0 Å². The summed E-state index contributed by atoms with van der Waals surface area (Å²) < 4.78 is 11.0. The molecule has 3 rings (SSSR count). The number of nitrogens with one attached hydrogen (secondary N) is 5. The van der Waals surface area contributed by atoms with Gasteiger partial charge in [0.1, 0.15) is 35.4 Å². The van der Waals surface area contributed by atoms with E-state index in [1.54, 1.807) is 78.1 Å². The summed E-state index contributed by atoms with van der Waals surface area (Å²) in [4.78, 5) is 86.8. The summed E-state index contributed by atoms with van der Waals surface area (Å²) in [5, 5.41) is 20.8. The van der Waals surface area contributed by atoms with Gasteiger partial charge >= 0.3 is 18.0 Å². The number of aromatic amines is 1. The van der Waals surface area contributed by atoms with Gasteiger partial charge in [0.05, 0.1) is 6.42 Å². The Kier molecular flexibility index (Phi) is 15.8. The van der Waals surface area contributed by atoms with Gasteiger partial charge in [0.2, 0.25) is 17.7 Å². The van der Waals surface area contributed by atoms with Crippen LogP contribution in [0, 0.1) is 0 Å². The number of carbonyl (C=O) groups is 6. The third kappa shape index (κ3) is 15.3.